The number of carboxylic acids is 1. The van der Waals surface area contributed by atoms with Gasteiger partial charge in [0.2, 0.25) is 0 Å². The second kappa shape index (κ2) is 5.61. The molecule has 1 N–H and O–H groups in total. The van der Waals surface area contributed by atoms with Gasteiger partial charge >= 0.3 is 5.97 Å². The average Bonchev–Trinajstić information content (AvgIpc) is 2.64. The Morgan fingerprint density at radius 2 is 1.95 bits per heavy atom. The number of benzene rings is 1. The highest BCUT2D eigenvalue weighted by atomic mass is 16.5. The number of rotatable bonds is 4. The summed E-state index contributed by atoms with van der Waals surface area (Å²) in [5.41, 5.74) is 2.59. The largest absolute Gasteiger partial charge is 0.478 e. The van der Waals surface area contributed by atoms with Gasteiger partial charge in [-0.15, -0.1) is 0 Å². The smallest absolute Gasteiger partial charge is 0.328 e. The predicted octanol–water partition coefficient (Wildman–Crippen LogP) is 2.93. The zero-order valence-corrected chi connectivity index (χ0v) is 11.6. The second-order valence-electron chi connectivity index (χ2n) is 4.47. The fourth-order valence-electron chi connectivity index (χ4n) is 1.83. The van der Waals surface area contributed by atoms with E-state index in [1.54, 1.807) is 28.9 Å². The summed E-state index contributed by atoms with van der Waals surface area (Å²) in [5, 5.41) is 12.9. The molecule has 0 aliphatic heterocycles. The van der Waals surface area contributed by atoms with Crippen LogP contribution >= 0.6 is 0 Å². The van der Waals surface area contributed by atoms with Crippen LogP contribution in [0.4, 0.5) is 0 Å². The Balaban J connectivity index is 2.17. The molecule has 0 saturated carbocycles. The van der Waals surface area contributed by atoms with E-state index in [0.29, 0.717) is 5.75 Å². The van der Waals surface area contributed by atoms with Crippen LogP contribution in [-0.2, 0) is 11.8 Å². The van der Waals surface area contributed by atoms with Crippen molar-refractivity contribution in [2.45, 2.75) is 13.8 Å². The van der Waals surface area contributed by atoms with Crippen molar-refractivity contribution in [3.8, 4) is 11.5 Å². The molecule has 0 unspecified atom stereocenters. The Morgan fingerprint density at radius 1 is 1.30 bits per heavy atom. The van der Waals surface area contributed by atoms with Crippen LogP contribution < -0.4 is 4.74 Å². The summed E-state index contributed by atoms with van der Waals surface area (Å²) in [6.45, 7) is 3.84. The molecular weight excluding hydrogens is 256 g/mol. The van der Waals surface area contributed by atoms with Crippen molar-refractivity contribution in [3.05, 3.63) is 47.3 Å². The van der Waals surface area contributed by atoms with Gasteiger partial charge in [-0.05, 0) is 37.6 Å². The Kier molecular flexibility index (Phi) is 3.89. The molecule has 104 valence electrons. The normalized spacial score (nSPS) is 10.9. The van der Waals surface area contributed by atoms with Crippen LogP contribution in [0, 0.1) is 13.8 Å². The molecule has 5 nitrogen and oxygen atoms in total. The molecular formula is C15H16N2O3. The third kappa shape index (κ3) is 3.06. The summed E-state index contributed by atoms with van der Waals surface area (Å²) in [5.74, 6) is 0.477. The Morgan fingerprint density at radius 3 is 2.45 bits per heavy atom. The first-order chi connectivity index (χ1) is 9.47. The zero-order valence-electron chi connectivity index (χ0n) is 11.6. The van der Waals surface area contributed by atoms with Gasteiger partial charge in [-0.25, -0.2) is 4.79 Å². The Hall–Kier alpha value is -2.56. The van der Waals surface area contributed by atoms with Gasteiger partial charge in [-0.1, -0.05) is 12.1 Å². The molecule has 1 aromatic carbocycles. The minimum Gasteiger partial charge on any atom is -0.478 e. The molecule has 0 bridgehead atoms. The van der Waals surface area contributed by atoms with E-state index in [-0.39, 0.29) is 0 Å². The van der Waals surface area contributed by atoms with Gasteiger partial charge in [0.05, 0.1) is 5.69 Å². The van der Waals surface area contributed by atoms with Crippen LogP contribution in [0.3, 0.4) is 0 Å². The first-order valence-electron chi connectivity index (χ1n) is 6.16. The summed E-state index contributed by atoms with van der Waals surface area (Å²) < 4.78 is 7.59. The number of hydrogen-bond donors (Lipinski definition) is 1. The second-order valence-corrected chi connectivity index (χ2v) is 4.47. The molecule has 0 aliphatic rings. The van der Waals surface area contributed by atoms with Crippen LogP contribution in [0.5, 0.6) is 11.5 Å². The van der Waals surface area contributed by atoms with E-state index in [1.165, 1.54) is 6.08 Å². The van der Waals surface area contributed by atoms with Crippen LogP contribution in [0.25, 0.3) is 6.08 Å². The van der Waals surface area contributed by atoms with Crippen molar-refractivity contribution in [3.63, 3.8) is 0 Å². The molecule has 2 rings (SSSR count). The van der Waals surface area contributed by atoms with Crippen LogP contribution in [0.2, 0.25) is 0 Å². The lowest BCUT2D eigenvalue weighted by atomic mass is 10.2. The van der Waals surface area contributed by atoms with Gasteiger partial charge < -0.3 is 9.84 Å². The molecule has 0 amide bonds. The van der Waals surface area contributed by atoms with E-state index in [9.17, 15) is 4.79 Å². The fourth-order valence-corrected chi connectivity index (χ4v) is 1.83. The van der Waals surface area contributed by atoms with Gasteiger partial charge in [0.1, 0.15) is 11.4 Å². The molecule has 0 radical (unpaired) electrons. The lowest BCUT2D eigenvalue weighted by Crippen LogP contribution is -1.93. The quantitative estimate of drug-likeness (QED) is 0.869. The maximum absolute atomic E-state index is 10.4. The van der Waals surface area contributed by atoms with Crippen molar-refractivity contribution in [2.24, 2.45) is 7.05 Å². The standard InChI is InChI=1S/C15H16N2O3/c1-10-15(11(2)17(3)16-10)20-13-7-4-12(5-8-13)6-9-14(18)19/h4-9H,1-3H3,(H,18,19). The van der Waals surface area contributed by atoms with Crippen LogP contribution in [0.1, 0.15) is 17.0 Å². The molecule has 5 heteroatoms. The van der Waals surface area contributed by atoms with Crippen molar-refractivity contribution in [1.82, 2.24) is 9.78 Å². The number of aliphatic carboxylic acids is 1. The number of ether oxygens (including phenoxy) is 1. The van der Waals surface area contributed by atoms with Crippen LogP contribution in [-0.4, -0.2) is 20.9 Å². The molecule has 0 fully saturated rings. The molecule has 0 spiro atoms. The lowest BCUT2D eigenvalue weighted by Gasteiger charge is -2.06. The topological polar surface area (TPSA) is 64.4 Å². The molecule has 1 heterocycles. The summed E-state index contributed by atoms with van der Waals surface area (Å²) in [4.78, 5) is 10.4. The first-order valence-corrected chi connectivity index (χ1v) is 6.16. The van der Waals surface area contributed by atoms with Crippen molar-refractivity contribution in [2.75, 3.05) is 0 Å². The van der Waals surface area contributed by atoms with Gasteiger partial charge in [-0.3, -0.25) is 4.68 Å². The number of nitrogens with zero attached hydrogens (tertiary/aromatic N) is 2. The summed E-state index contributed by atoms with van der Waals surface area (Å²) in [7, 11) is 1.87. The lowest BCUT2D eigenvalue weighted by molar-refractivity contribution is -0.131. The Bertz CT molecular complexity index is 655. The number of carbonyl (C=O) groups is 1. The molecule has 1 aromatic heterocycles. The van der Waals surface area contributed by atoms with Gasteiger partial charge in [0, 0.05) is 13.1 Å². The number of hydrogen-bond acceptors (Lipinski definition) is 3. The Labute approximate surface area is 117 Å². The molecule has 0 saturated heterocycles. The van der Waals surface area contributed by atoms with Crippen molar-refractivity contribution >= 4 is 12.0 Å². The van der Waals surface area contributed by atoms with Gasteiger partial charge in [0.15, 0.2) is 5.75 Å². The summed E-state index contributed by atoms with van der Waals surface area (Å²) in [6, 6.07) is 7.20. The van der Waals surface area contributed by atoms with Gasteiger partial charge in [0.25, 0.3) is 0 Å². The molecule has 2 aromatic rings. The fraction of sp³-hybridized carbons (Fsp3) is 0.200. The minimum atomic E-state index is -0.966. The van der Waals surface area contributed by atoms with E-state index < -0.39 is 5.97 Å². The number of carboxylic acid groups (broad SMARTS) is 1. The summed E-state index contributed by atoms with van der Waals surface area (Å²) >= 11 is 0. The van der Waals surface area contributed by atoms with E-state index >= 15 is 0 Å². The maximum Gasteiger partial charge on any atom is 0.328 e. The van der Waals surface area contributed by atoms with E-state index in [4.69, 9.17) is 9.84 Å². The zero-order chi connectivity index (χ0) is 14.7. The molecule has 0 atom stereocenters. The average molecular weight is 272 g/mol. The highest BCUT2D eigenvalue weighted by Gasteiger charge is 2.11. The summed E-state index contributed by atoms with van der Waals surface area (Å²) in [6.07, 6.45) is 2.64. The maximum atomic E-state index is 10.4. The SMILES string of the molecule is Cc1nn(C)c(C)c1Oc1ccc(C=CC(=O)O)cc1. The van der Waals surface area contributed by atoms with E-state index in [0.717, 1.165) is 28.8 Å². The van der Waals surface area contributed by atoms with E-state index in [1.807, 2.05) is 20.9 Å². The minimum absolute atomic E-state index is 0.691. The number of aromatic nitrogens is 2. The van der Waals surface area contributed by atoms with Crippen molar-refractivity contribution in [1.29, 1.82) is 0 Å². The molecule has 20 heavy (non-hydrogen) atoms. The van der Waals surface area contributed by atoms with E-state index in [2.05, 4.69) is 5.10 Å². The third-order valence-electron chi connectivity index (χ3n) is 2.96. The molecule has 0 aliphatic carbocycles. The number of aryl methyl sites for hydroxylation is 2. The third-order valence-corrected chi connectivity index (χ3v) is 2.96. The first kappa shape index (κ1) is 13.9. The highest BCUT2D eigenvalue weighted by Crippen LogP contribution is 2.28. The predicted molar refractivity (Wildman–Crippen MR) is 75.9 cm³/mol. The van der Waals surface area contributed by atoms with Gasteiger partial charge in [-0.2, -0.15) is 5.10 Å². The monoisotopic (exact) mass is 272 g/mol. The van der Waals surface area contributed by atoms with Crippen LogP contribution in [0.15, 0.2) is 30.3 Å². The highest BCUT2D eigenvalue weighted by molar-refractivity contribution is 5.85. The van der Waals surface area contributed by atoms with Crippen molar-refractivity contribution < 1.29 is 14.6 Å².